The van der Waals surface area contributed by atoms with Gasteiger partial charge in [-0.1, -0.05) is 18.2 Å². The zero-order chi connectivity index (χ0) is 18.9. The Labute approximate surface area is 145 Å². The quantitative estimate of drug-likeness (QED) is 0.720. The van der Waals surface area contributed by atoms with Crippen LogP contribution < -0.4 is 11.0 Å². The van der Waals surface area contributed by atoms with Gasteiger partial charge in [0.2, 0.25) is 6.23 Å². The molecule has 8 nitrogen and oxygen atoms in total. The Bertz CT molecular complexity index is 858. The van der Waals surface area contributed by atoms with Crippen LogP contribution in [0.25, 0.3) is 0 Å². The average Bonchev–Trinajstić information content (AvgIpc) is 2.85. The topological polar surface area (TPSA) is 114 Å². The molecule has 1 aromatic heterocycles. The van der Waals surface area contributed by atoms with Crippen molar-refractivity contribution in [1.82, 2.24) is 9.55 Å². The minimum Gasteiger partial charge on any atom is -0.394 e. The monoisotopic (exact) mass is 367 g/mol. The van der Waals surface area contributed by atoms with E-state index < -0.39 is 42.6 Å². The summed E-state index contributed by atoms with van der Waals surface area (Å²) >= 11 is 0. The molecular weight excluding hydrogens is 352 g/mol. The van der Waals surface area contributed by atoms with E-state index in [1.165, 1.54) is 0 Å². The number of nitrogens with one attached hydrogen (secondary N) is 1. The van der Waals surface area contributed by atoms with Crippen LogP contribution in [0.2, 0.25) is 0 Å². The van der Waals surface area contributed by atoms with Crippen LogP contribution in [0.5, 0.6) is 0 Å². The molecule has 1 saturated heterocycles. The minimum atomic E-state index is -3.80. The van der Waals surface area contributed by atoms with Crippen molar-refractivity contribution < 1.29 is 28.5 Å². The number of ether oxygens (including phenoxy) is 1. The van der Waals surface area contributed by atoms with E-state index in [0.717, 1.165) is 12.3 Å². The fourth-order valence-corrected chi connectivity index (χ4v) is 2.56. The summed E-state index contributed by atoms with van der Waals surface area (Å²) in [6, 6.07) is 9.30. The number of alkyl halides is 2. The first-order valence-corrected chi connectivity index (χ1v) is 7.62. The van der Waals surface area contributed by atoms with E-state index in [1.807, 2.05) is 0 Å². The Morgan fingerprint density at radius 3 is 2.58 bits per heavy atom. The van der Waals surface area contributed by atoms with Gasteiger partial charge in [-0.2, -0.15) is 13.8 Å². The number of halogens is 2. The van der Waals surface area contributed by atoms with Gasteiger partial charge in [-0.25, -0.2) is 4.79 Å². The lowest BCUT2D eigenvalue weighted by atomic mass is 10.1. The highest BCUT2D eigenvalue weighted by Crippen LogP contribution is 2.41. The maximum atomic E-state index is 14.1. The van der Waals surface area contributed by atoms with Crippen molar-refractivity contribution in [3.63, 3.8) is 0 Å². The number of aliphatic hydroxyl groups excluding tert-OH is 2. The molecule has 0 saturated carbocycles. The third-order valence-corrected chi connectivity index (χ3v) is 3.92. The number of benzene rings is 1. The number of carbonyl (C=O) groups excluding carboxylic acids is 1. The van der Waals surface area contributed by atoms with Crippen LogP contribution in [0, 0.1) is 0 Å². The Hall–Kier alpha value is -2.69. The number of hydrogen-bond acceptors (Lipinski definition) is 6. The van der Waals surface area contributed by atoms with Gasteiger partial charge >= 0.3 is 11.6 Å². The zero-order valence-electron chi connectivity index (χ0n) is 13.3. The normalized spacial score (nSPS) is 24.4. The fraction of sp³-hybridized carbons (Fsp3) is 0.312. The number of carbonyl (C=O) groups is 1. The molecule has 3 rings (SSSR count). The van der Waals surface area contributed by atoms with Crippen LogP contribution >= 0.6 is 0 Å². The predicted octanol–water partition coefficient (Wildman–Crippen LogP) is 0.381. The molecular formula is C16H15F2N3O5. The summed E-state index contributed by atoms with van der Waals surface area (Å²) in [6.45, 7) is -0.833. The first-order valence-electron chi connectivity index (χ1n) is 7.62. The summed E-state index contributed by atoms with van der Waals surface area (Å²) in [4.78, 5) is 27.6. The maximum Gasteiger partial charge on any atom is 0.351 e. The number of rotatable bonds is 4. The van der Waals surface area contributed by atoms with Crippen molar-refractivity contribution in [2.75, 3.05) is 11.9 Å². The molecule has 0 bridgehead atoms. The molecule has 2 aromatic rings. The van der Waals surface area contributed by atoms with Crippen LogP contribution in [0.3, 0.4) is 0 Å². The highest BCUT2D eigenvalue weighted by atomic mass is 19.3. The predicted molar refractivity (Wildman–Crippen MR) is 84.8 cm³/mol. The number of amides is 1. The third-order valence-electron chi connectivity index (χ3n) is 3.92. The molecule has 2 heterocycles. The second kappa shape index (κ2) is 6.90. The molecule has 0 radical (unpaired) electrons. The largest absolute Gasteiger partial charge is 0.394 e. The van der Waals surface area contributed by atoms with E-state index >= 15 is 0 Å². The van der Waals surface area contributed by atoms with Crippen LogP contribution in [-0.2, 0) is 4.74 Å². The Balaban J connectivity index is 1.82. The van der Waals surface area contributed by atoms with Gasteiger partial charge in [-0.3, -0.25) is 9.36 Å². The Morgan fingerprint density at radius 1 is 1.31 bits per heavy atom. The van der Waals surface area contributed by atoms with E-state index in [2.05, 4.69) is 10.3 Å². The molecule has 3 unspecified atom stereocenters. The molecule has 1 aromatic carbocycles. The SMILES string of the molecule is O=C(Nc1ccn(C2OC(CO)C(O)C2(F)F)c(=O)n1)c1ccccc1. The second-order valence-electron chi connectivity index (χ2n) is 5.65. The van der Waals surface area contributed by atoms with Crippen molar-refractivity contribution in [1.29, 1.82) is 0 Å². The molecule has 0 spiro atoms. The molecule has 1 amide bonds. The Morgan fingerprint density at radius 2 is 2.00 bits per heavy atom. The van der Waals surface area contributed by atoms with Crippen LogP contribution in [0.4, 0.5) is 14.6 Å². The molecule has 1 aliphatic heterocycles. The molecule has 3 atom stereocenters. The lowest BCUT2D eigenvalue weighted by Gasteiger charge is -2.21. The number of nitrogens with zero attached hydrogens (tertiary/aromatic N) is 2. The highest BCUT2D eigenvalue weighted by molar-refractivity contribution is 6.03. The standard InChI is InChI=1S/C16H15F2N3O5/c17-16(18)12(23)10(8-22)26-14(16)21-7-6-11(20-15(21)25)19-13(24)9-4-2-1-3-5-9/h1-7,10,12,14,22-23H,8H2,(H,19,20,24,25). The summed E-state index contributed by atoms with van der Waals surface area (Å²) in [6.07, 6.45) is -4.93. The molecule has 1 fully saturated rings. The van der Waals surface area contributed by atoms with Crippen molar-refractivity contribution in [3.8, 4) is 0 Å². The Kier molecular flexibility index (Phi) is 4.81. The first-order chi connectivity index (χ1) is 12.3. The lowest BCUT2D eigenvalue weighted by molar-refractivity contribution is -0.140. The number of aliphatic hydroxyl groups is 2. The second-order valence-corrected chi connectivity index (χ2v) is 5.65. The molecule has 0 aliphatic carbocycles. The number of anilines is 1. The third kappa shape index (κ3) is 3.21. The summed E-state index contributed by atoms with van der Waals surface area (Å²) in [5, 5.41) is 20.9. The molecule has 10 heteroatoms. The van der Waals surface area contributed by atoms with Gasteiger partial charge in [0.15, 0.2) is 6.10 Å². The fourth-order valence-electron chi connectivity index (χ4n) is 2.56. The highest BCUT2D eigenvalue weighted by Gasteiger charge is 2.59. The van der Waals surface area contributed by atoms with Crippen molar-refractivity contribution in [2.24, 2.45) is 0 Å². The van der Waals surface area contributed by atoms with Crippen molar-refractivity contribution in [3.05, 3.63) is 58.6 Å². The summed E-state index contributed by atoms with van der Waals surface area (Å²) < 4.78 is 33.6. The zero-order valence-corrected chi connectivity index (χ0v) is 13.3. The number of hydrogen-bond donors (Lipinski definition) is 3. The molecule has 138 valence electrons. The van der Waals surface area contributed by atoms with Gasteiger partial charge in [0.1, 0.15) is 11.9 Å². The average molecular weight is 367 g/mol. The van der Waals surface area contributed by atoms with Crippen molar-refractivity contribution in [2.45, 2.75) is 24.4 Å². The smallest absolute Gasteiger partial charge is 0.351 e. The minimum absolute atomic E-state index is 0.124. The van der Waals surface area contributed by atoms with Crippen LogP contribution in [0.1, 0.15) is 16.6 Å². The van der Waals surface area contributed by atoms with E-state index in [-0.39, 0.29) is 5.82 Å². The van der Waals surface area contributed by atoms with Gasteiger partial charge in [0, 0.05) is 11.8 Å². The lowest BCUT2D eigenvalue weighted by Crippen LogP contribution is -2.41. The summed E-state index contributed by atoms with van der Waals surface area (Å²) in [5.41, 5.74) is -0.774. The molecule has 3 N–H and O–H groups in total. The van der Waals surface area contributed by atoms with Gasteiger partial charge in [-0.05, 0) is 18.2 Å². The summed E-state index contributed by atoms with van der Waals surface area (Å²) in [7, 11) is 0. The summed E-state index contributed by atoms with van der Waals surface area (Å²) in [5.74, 6) is -4.44. The van der Waals surface area contributed by atoms with Gasteiger partial charge < -0.3 is 20.3 Å². The van der Waals surface area contributed by atoms with E-state index in [9.17, 15) is 23.5 Å². The van der Waals surface area contributed by atoms with E-state index in [1.54, 1.807) is 30.3 Å². The number of aromatic nitrogens is 2. The van der Waals surface area contributed by atoms with Gasteiger partial charge in [-0.15, -0.1) is 0 Å². The van der Waals surface area contributed by atoms with Crippen LogP contribution in [-0.4, -0.2) is 50.4 Å². The van der Waals surface area contributed by atoms with Crippen LogP contribution in [0.15, 0.2) is 47.4 Å². The van der Waals surface area contributed by atoms with Gasteiger partial charge in [0.25, 0.3) is 5.91 Å². The first kappa shape index (κ1) is 18.1. The van der Waals surface area contributed by atoms with E-state index in [4.69, 9.17) is 9.84 Å². The van der Waals surface area contributed by atoms with Gasteiger partial charge in [0.05, 0.1) is 6.61 Å². The van der Waals surface area contributed by atoms with E-state index in [0.29, 0.717) is 10.1 Å². The van der Waals surface area contributed by atoms with Crippen molar-refractivity contribution >= 4 is 11.7 Å². The molecule has 26 heavy (non-hydrogen) atoms. The molecule has 1 aliphatic rings. The maximum absolute atomic E-state index is 14.1.